The Kier molecular flexibility index (Phi) is 4.92. The fourth-order valence-corrected chi connectivity index (χ4v) is 4.53. The van der Waals surface area contributed by atoms with Crippen molar-refractivity contribution in [2.24, 2.45) is 0 Å². The summed E-state index contributed by atoms with van der Waals surface area (Å²) in [5.41, 5.74) is 5.21. The van der Waals surface area contributed by atoms with Crippen molar-refractivity contribution in [2.75, 3.05) is 37.6 Å². The Hall–Kier alpha value is -3.91. The average Bonchev–Trinajstić information content (AvgIpc) is 3.32. The van der Waals surface area contributed by atoms with Crippen LogP contribution in [0.3, 0.4) is 0 Å². The number of benzene rings is 1. The van der Waals surface area contributed by atoms with Crippen LogP contribution >= 0.6 is 0 Å². The van der Waals surface area contributed by atoms with Crippen LogP contribution in [0.25, 0.3) is 22.3 Å². The lowest BCUT2D eigenvalue weighted by Crippen LogP contribution is -2.46. The molecule has 164 valence electrons. The van der Waals surface area contributed by atoms with E-state index in [-0.39, 0.29) is 5.91 Å². The van der Waals surface area contributed by atoms with Crippen LogP contribution < -0.4 is 10.2 Å². The summed E-state index contributed by atoms with van der Waals surface area (Å²) >= 11 is 0. The minimum atomic E-state index is 0.0744. The molecule has 2 aliphatic rings. The lowest BCUT2D eigenvalue weighted by molar-refractivity contribution is 0.0736. The largest absolute Gasteiger partial charge is 0.336 e. The quantitative estimate of drug-likeness (QED) is 0.527. The normalized spacial score (nSPS) is 15.6. The van der Waals surface area contributed by atoms with E-state index in [0.29, 0.717) is 5.56 Å². The molecule has 5 heterocycles. The van der Waals surface area contributed by atoms with Crippen molar-refractivity contribution >= 4 is 28.6 Å². The van der Waals surface area contributed by atoms with Crippen LogP contribution in [0.4, 0.5) is 11.6 Å². The van der Waals surface area contributed by atoms with Crippen LogP contribution in [0.2, 0.25) is 0 Å². The molecule has 3 aromatic heterocycles. The average molecular weight is 438 g/mol. The predicted molar refractivity (Wildman–Crippen MR) is 126 cm³/mol. The Morgan fingerprint density at radius 1 is 0.879 bits per heavy atom. The van der Waals surface area contributed by atoms with Crippen LogP contribution in [0.5, 0.6) is 0 Å². The highest BCUT2D eigenvalue weighted by Crippen LogP contribution is 2.34. The second kappa shape index (κ2) is 8.22. The van der Waals surface area contributed by atoms with Crippen molar-refractivity contribution in [3.63, 3.8) is 0 Å². The first-order valence-corrected chi connectivity index (χ1v) is 11.2. The lowest BCUT2D eigenvalue weighted by Gasteiger charge is -2.27. The van der Waals surface area contributed by atoms with Gasteiger partial charge in [0, 0.05) is 50.0 Å². The number of hydrogen-bond donors (Lipinski definition) is 1. The molecule has 0 bridgehead atoms. The third-order valence-electron chi connectivity index (χ3n) is 6.28. The van der Waals surface area contributed by atoms with Gasteiger partial charge in [-0.15, -0.1) is 0 Å². The number of hydrogen-bond acceptors (Lipinski definition) is 7. The molecule has 0 saturated carbocycles. The summed E-state index contributed by atoms with van der Waals surface area (Å²) < 4.78 is 0. The molecule has 33 heavy (non-hydrogen) atoms. The van der Waals surface area contributed by atoms with Crippen molar-refractivity contribution in [3.8, 4) is 11.3 Å². The monoisotopic (exact) mass is 437 g/mol. The van der Waals surface area contributed by atoms with E-state index in [2.05, 4.69) is 31.2 Å². The summed E-state index contributed by atoms with van der Waals surface area (Å²) in [7, 11) is 0. The van der Waals surface area contributed by atoms with E-state index in [4.69, 9.17) is 4.98 Å². The van der Waals surface area contributed by atoms with Crippen molar-refractivity contribution in [2.45, 2.75) is 6.42 Å². The van der Waals surface area contributed by atoms with Crippen molar-refractivity contribution < 1.29 is 4.79 Å². The summed E-state index contributed by atoms with van der Waals surface area (Å²) in [4.78, 5) is 35.3. The summed E-state index contributed by atoms with van der Waals surface area (Å²) in [5, 5.41) is 3.28. The van der Waals surface area contributed by atoms with Gasteiger partial charge in [-0.25, -0.2) is 19.9 Å². The maximum atomic E-state index is 12.8. The Labute approximate surface area is 191 Å². The van der Waals surface area contributed by atoms with E-state index >= 15 is 0 Å². The molecule has 2 aliphatic heterocycles. The Bertz CT molecular complexity index is 1330. The summed E-state index contributed by atoms with van der Waals surface area (Å²) in [5.74, 6) is 1.77. The Morgan fingerprint density at radius 2 is 1.73 bits per heavy atom. The smallest absolute Gasteiger partial charge is 0.253 e. The van der Waals surface area contributed by atoms with E-state index < -0.39 is 0 Å². The van der Waals surface area contributed by atoms with E-state index in [1.807, 2.05) is 53.6 Å². The number of piperazine rings is 1. The number of amides is 1. The highest BCUT2D eigenvalue weighted by molar-refractivity contribution is 5.95. The third-order valence-corrected chi connectivity index (χ3v) is 6.28. The van der Waals surface area contributed by atoms with Crippen LogP contribution in [-0.2, 0) is 6.42 Å². The Balaban J connectivity index is 1.34. The van der Waals surface area contributed by atoms with Gasteiger partial charge in [0.2, 0.25) is 0 Å². The number of anilines is 2. The van der Waals surface area contributed by atoms with Crippen LogP contribution in [0.15, 0.2) is 61.1 Å². The van der Waals surface area contributed by atoms with E-state index in [9.17, 15) is 4.79 Å². The lowest BCUT2D eigenvalue weighted by atomic mass is 10.1. The van der Waals surface area contributed by atoms with Gasteiger partial charge in [0.15, 0.2) is 5.82 Å². The molecule has 0 spiro atoms. The zero-order valence-electron chi connectivity index (χ0n) is 18.1. The number of nitrogens with zero attached hydrogens (tertiary/aromatic N) is 6. The number of nitrogens with one attached hydrogen (secondary N) is 1. The molecule has 8 heteroatoms. The molecule has 0 atom stereocenters. The number of aromatic nitrogens is 4. The highest BCUT2D eigenvalue weighted by atomic mass is 16.2. The zero-order valence-corrected chi connectivity index (χ0v) is 18.1. The van der Waals surface area contributed by atoms with Crippen LogP contribution in [0, 0.1) is 0 Å². The summed E-state index contributed by atoms with van der Waals surface area (Å²) in [6.07, 6.45) is 4.32. The first-order chi connectivity index (χ1) is 16.3. The van der Waals surface area contributed by atoms with Crippen molar-refractivity contribution in [1.29, 1.82) is 0 Å². The van der Waals surface area contributed by atoms with Gasteiger partial charge < -0.3 is 15.1 Å². The molecule has 6 rings (SSSR count). The molecule has 1 saturated heterocycles. The van der Waals surface area contributed by atoms with E-state index in [0.717, 1.165) is 73.1 Å². The topological polar surface area (TPSA) is 87.1 Å². The molecule has 1 amide bonds. The fourth-order valence-electron chi connectivity index (χ4n) is 4.53. The maximum Gasteiger partial charge on any atom is 0.253 e. The number of rotatable bonds is 3. The Morgan fingerprint density at radius 3 is 2.58 bits per heavy atom. The van der Waals surface area contributed by atoms with E-state index in [1.165, 1.54) is 5.56 Å². The molecule has 8 nitrogen and oxygen atoms in total. The maximum absolute atomic E-state index is 12.8. The predicted octanol–water partition coefficient (Wildman–Crippen LogP) is 2.83. The molecule has 1 N–H and O–H groups in total. The van der Waals surface area contributed by atoms with Gasteiger partial charge in [-0.3, -0.25) is 4.79 Å². The van der Waals surface area contributed by atoms with Gasteiger partial charge in [-0.2, -0.15) is 0 Å². The van der Waals surface area contributed by atoms with Gasteiger partial charge >= 0.3 is 0 Å². The molecule has 0 unspecified atom stereocenters. The molecule has 4 aromatic rings. The van der Waals surface area contributed by atoms with Gasteiger partial charge in [-0.05, 0) is 42.3 Å². The SMILES string of the molecule is O=C(c1ccc(-c2ccc3ncnc(N4CCc5cccnc54)c3n2)cc1)N1CCNCC1. The molecule has 1 aromatic carbocycles. The van der Waals surface area contributed by atoms with Gasteiger partial charge in [-0.1, -0.05) is 18.2 Å². The van der Waals surface area contributed by atoms with Gasteiger partial charge in [0.1, 0.15) is 17.7 Å². The highest BCUT2D eigenvalue weighted by Gasteiger charge is 2.25. The van der Waals surface area contributed by atoms with Crippen molar-refractivity contribution in [3.05, 3.63) is 72.2 Å². The second-order valence-electron chi connectivity index (χ2n) is 8.27. The number of carbonyl (C=O) groups excluding carboxylic acids is 1. The number of pyridine rings is 2. The summed E-state index contributed by atoms with van der Waals surface area (Å²) in [6, 6.07) is 15.7. The molecule has 1 fully saturated rings. The second-order valence-corrected chi connectivity index (χ2v) is 8.27. The zero-order chi connectivity index (χ0) is 22.2. The van der Waals surface area contributed by atoms with Crippen LogP contribution in [0.1, 0.15) is 15.9 Å². The standard InChI is InChI=1S/C25H23N7O/c33-25(31-14-11-26-12-15-31)19-5-3-17(4-6-19)20-7-8-21-22(30-20)24(29-16-28-21)32-13-9-18-2-1-10-27-23(18)32/h1-8,10,16,26H,9,11-15H2. The minimum Gasteiger partial charge on any atom is -0.336 e. The molecule has 0 radical (unpaired) electrons. The first-order valence-electron chi connectivity index (χ1n) is 11.2. The van der Waals surface area contributed by atoms with Gasteiger partial charge in [0.05, 0.1) is 11.2 Å². The van der Waals surface area contributed by atoms with Crippen molar-refractivity contribution in [1.82, 2.24) is 30.2 Å². The third kappa shape index (κ3) is 3.58. The summed E-state index contributed by atoms with van der Waals surface area (Å²) in [6.45, 7) is 3.97. The molecule has 0 aliphatic carbocycles. The number of carbonyl (C=O) groups is 1. The molecular weight excluding hydrogens is 414 g/mol. The minimum absolute atomic E-state index is 0.0744. The number of fused-ring (bicyclic) bond motifs is 2. The van der Waals surface area contributed by atoms with E-state index in [1.54, 1.807) is 6.33 Å². The molecular formula is C25H23N7O. The fraction of sp³-hybridized carbons (Fsp3) is 0.240. The first kappa shape index (κ1) is 19.8. The van der Waals surface area contributed by atoms with Gasteiger partial charge in [0.25, 0.3) is 5.91 Å². The van der Waals surface area contributed by atoms with Crippen LogP contribution in [-0.4, -0.2) is 63.5 Å².